The highest BCUT2D eigenvalue weighted by molar-refractivity contribution is 5.80. The minimum absolute atomic E-state index is 0.0855. The van der Waals surface area contributed by atoms with Gasteiger partial charge in [0.2, 0.25) is 5.91 Å². The zero-order valence-electron chi connectivity index (χ0n) is 14.7. The summed E-state index contributed by atoms with van der Waals surface area (Å²) in [6.07, 6.45) is 3.14. The number of carbonyl (C=O) groups is 1. The Morgan fingerprint density at radius 1 is 1.52 bits per heavy atom. The molecule has 25 heavy (non-hydrogen) atoms. The first-order chi connectivity index (χ1) is 12.0. The molecule has 1 aromatic carbocycles. The Kier molecular flexibility index (Phi) is 7.24. The third-order valence-corrected chi connectivity index (χ3v) is 3.99. The van der Waals surface area contributed by atoms with Crippen molar-refractivity contribution >= 4 is 12.0 Å². The third kappa shape index (κ3) is 5.45. The van der Waals surface area contributed by atoms with Gasteiger partial charge in [0, 0.05) is 13.1 Å². The third-order valence-electron chi connectivity index (χ3n) is 3.99. The number of rotatable bonds is 8. The summed E-state index contributed by atoms with van der Waals surface area (Å²) in [7, 11) is 1.57. The van der Waals surface area contributed by atoms with E-state index in [1.807, 2.05) is 42.2 Å². The molecule has 0 radical (unpaired) electrons. The summed E-state index contributed by atoms with van der Waals surface area (Å²) in [6.45, 7) is 3.63. The number of benzene rings is 1. The molecule has 3 N–H and O–H groups in total. The summed E-state index contributed by atoms with van der Waals surface area (Å²) in [5, 5.41) is 10.3. The summed E-state index contributed by atoms with van der Waals surface area (Å²) in [6, 6.07) is 5.07. The average Bonchev–Trinajstić information content (AvgIpc) is 2.61. The maximum Gasteiger partial charge on any atom is 0.237 e. The van der Waals surface area contributed by atoms with Gasteiger partial charge in [0.1, 0.15) is 18.8 Å². The van der Waals surface area contributed by atoms with Crippen molar-refractivity contribution in [3.63, 3.8) is 0 Å². The number of nitrogens with two attached hydrogens (primary N) is 1. The molecular formula is C18H26N2O5. The lowest BCUT2D eigenvalue weighted by Crippen LogP contribution is -2.54. The van der Waals surface area contributed by atoms with Crippen LogP contribution >= 0.6 is 0 Å². The quantitative estimate of drug-likeness (QED) is 0.715. The van der Waals surface area contributed by atoms with Crippen LogP contribution in [0.1, 0.15) is 12.5 Å². The number of allylic oxidation sites excluding steroid dienone is 1. The number of nitrogens with zero attached hydrogens (tertiary/aromatic N) is 1. The summed E-state index contributed by atoms with van der Waals surface area (Å²) in [4.78, 5) is 13.3. The van der Waals surface area contributed by atoms with Crippen molar-refractivity contribution in [1.29, 1.82) is 0 Å². The standard InChI is InChI=1S/C18H26N2O5/c1-3-4-13-5-6-16(17(9-13)23-2)25-11-14(21)10-20-7-8-24-12-15(20)18(19)22/h3-6,9,14-15,21H,7-8,10-12H2,1-2H3,(H2,19,22)/b4-3+. The van der Waals surface area contributed by atoms with Crippen LogP contribution in [0.15, 0.2) is 24.3 Å². The molecule has 138 valence electrons. The van der Waals surface area contributed by atoms with Crippen LogP contribution in [0.3, 0.4) is 0 Å². The average molecular weight is 350 g/mol. The second kappa shape index (κ2) is 9.41. The molecule has 1 saturated heterocycles. The van der Waals surface area contributed by atoms with Crippen LogP contribution in [-0.4, -0.2) is 68.1 Å². The smallest absolute Gasteiger partial charge is 0.237 e. The van der Waals surface area contributed by atoms with E-state index in [1.54, 1.807) is 7.11 Å². The maximum atomic E-state index is 11.5. The van der Waals surface area contributed by atoms with Gasteiger partial charge in [-0.05, 0) is 24.6 Å². The highest BCUT2D eigenvalue weighted by Crippen LogP contribution is 2.28. The molecule has 2 atom stereocenters. The lowest BCUT2D eigenvalue weighted by molar-refractivity contribution is -0.130. The monoisotopic (exact) mass is 350 g/mol. The van der Waals surface area contributed by atoms with Gasteiger partial charge < -0.3 is 25.1 Å². The van der Waals surface area contributed by atoms with E-state index in [1.165, 1.54) is 0 Å². The van der Waals surface area contributed by atoms with Crippen molar-refractivity contribution in [2.24, 2.45) is 5.73 Å². The fourth-order valence-corrected chi connectivity index (χ4v) is 2.73. The van der Waals surface area contributed by atoms with Crippen LogP contribution < -0.4 is 15.2 Å². The number of hydrogen-bond donors (Lipinski definition) is 2. The van der Waals surface area contributed by atoms with E-state index in [9.17, 15) is 9.90 Å². The molecule has 7 nitrogen and oxygen atoms in total. The lowest BCUT2D eigenvalue weighted by atomic mass is 10.2. The second-order valence-electron chi connectivity index (χ2n) is 5.86. The van der Waals surface area contributed by atoms with E-state index in [2.05, 4.69) is 0 Å². The minimum Gasteiger partial charge on any atom is -0.493 e. The molecule has 1 aliphatic heterocycles. The van der Waals surface area contributed by atoms with Gasteiger partial charge in [-0.15, -0.1) is 0 Å². The minimum atomic E-state index is -0.764. The van der Waals surface area contributed by atoms with Gasteiger partial charge in [0.05, 0.1) is 20.3 Å². The fraction of sp³-hybridized carbons (Fsp3) is 0.500. The summed E-state index contributed by atoms with van der Waals surface area (Å²) in [5.74, 6) is 0.710. The molecule has 1 aromatic rings. The van der Waals surface area contributed by atoms with Gasteiger partial charge in [-0.25, -0.2) is 0 Å². The number of amides is 1. The Morgan fingerprint density at radius 2 is 2.32 bits per heavy atom. The number of hydrogen-bond acceptors (Lipinski definition) is 6. The predicted octanol–water partition coefficient (Wildman–Crippen LogP) is 0.654. The number of methoxy groups -OCH3 is 1. The van der Waals surface area contributed by atoms with Crippen LogP contribution in [0.4, 0.5) is 0 Å². The number of aliphatic hydroxyl groups is 1. The van der Waals surface area contributed by atoms with Gasteiger partial charge in [0.25, 0.3) is 0 Å². The molecule has 0 spiro atoms. The largest absolute Gasteiger partial charge is 0.493 e. The van der Waals surface area contributed by atoms with Crippen molar-refractivity contribution in [2.45, 2.75) is 19.1 Å². The number of β-amino-alcohol motifs (C(OH)–C–C–N with tert-alkyl or cyclic N) is 1. The van der Waals surface area contributed by atoms with E-state index >= 15 is 0 Å². The second-order valence-corrected chi connectivity index (χ2v) is 5.86. The predicted molar refractivity (Wildman–Crippen MR) is 94.6 cm³/mol. The van der Waals surface area contributed by atoms with Gasteiger partial charge >= 0.3 is 0 Å². The first kappa shape index (κ1) is 19.2. The summed E-state index contributed by atoms with van der Waals surface area (Å²) >= 11 is 0. The van der Waals surface area contributed by atoms with Crippen LogP contribution in [0.5, 0.6) is 11.5 Å². The van der Waals surface area contributed by atoms with E-state index in [0.29, 0.717) is 24.7 Å². The number of ether oxygens (including phenoxy) is 3. The van der Waals surface area contributed by atoms with Gasteiger partial charge in [-0.3, -0.25) is 9.69 Å². The van der Waals surface area contributed by atoms with Gasteiger partial charge in [-0.1, -0.05) is 18.2 Å². The Labute approximate surface area is 148 Å². The topological polar surface area (TPSA) is 94.3 Å². The van der Waals surface area contributed by atoms with Gasteiger partial charge in [-0.2, -0.15) is 0 Å². The first-order valence-electron chi connectivity index (χ1n) is 8.27. The Morgan fingerprint density at radius 3 is 3.00 bits per heavy atom. The number of morpholine rings is 1. The molecule has 1 aliphatic rings. The highest BCUT2D eigenvalue weighted by Gasteiger charge is 2.29. The number of carbonyl (C=O) groups excluding carboxylic acids is 1. The molecule has 0 aromatic heterocycles. The zero-order valence-corrected chi connectivity index (χ0v) is 14.7. The fourth-order valence-electron chi connectivity index (χ4n) is 2.73. The molecule has 2 rings (SSSR count). The van der Waals surface area contributed by atoms with Crippen LogP contribution in [-0.2, 0) is 9.53 Å². The van der Waals surface area contributed by atoms with Crippen molar-refractivity contribution in [3.8, 4) is 11.5 Å². The molecule has 7 heteroatoms. The Hall–Kier alpha value is -2.09. The van der Waals surface area contributed by atoms with E-state index < -0.39 is 18.1 Å². The van der Waals surface area contributed by atoms with Crippen LogP contribution in [0, 0.1) is 0 Å². The molecule has 2 unspecified atom stereocenters. The zero-order chi connectivity index (χ0) is 18.2. The van der Waals surface area contributed by atoms with Crippen LogP contribution in [0.2, 0.25) is 0 Å². The summed E-state index contributed by atoms with van der Waals surface area (Å²) in [5.41, 5.74) is 6.38. The van der Waals surface area contributed by atoms with E-state index in [0.717, 1.165) is 5.56 Å². The molecule has 1 fully saturated rings. The molecule has 0 saturated carbocycles. The maximum absolute atomic E-state index is 11.5. The van der Waals surface area contributed by atoms with Crippen LogP contribution in [0.25, 0.3) is 6.08 Å². The van der Waals surface area contributed by atoms with Crippen molar-refractivity contribution in [2.75, 3.05) is 40.0 Å². The molecule has 0 aliphatic carbocycles. The molecular weight excluding hydrogens is 324 g/mol. The summed E-state index contributed by atoms with van der Waals surface area (Å²) < 4.78 is 16.3. The van der Waals surface area contributed by atoms with E-state index in [4.69, 9.17) is 19.9 Å². The van der Waals surface area contributed by atoms with E-state index in [-0.39, 0.29) is 19.8 Å². The molecule has 1 heterocycles. The Bertz CT molecular complexity index is 605. The van der Waals surface area contributed by atoms with Gasteiger partial charge in [0.15, 0.2) is 11.5 Å². The first-order valence-corrected chi connectivity index (χ1v) is 8.27. The van der Waals surface area contributed by atoms with Crippen molar-refractivity contribution < 1.29 is 24.1 Å². The van der Waals surface area contributed by atoms with Crippen molar-refractivity contribution in [1.82, 2.24) is 4.90 Å². The SMILES string of the molecule is C/C=C/c1ccc(OCC(O)CN2CCOCC2C(N)=O)c(OC)c1. The van der Waals surface area contributed by atoms with Crippen molar-refractivity contribution in [3.05, 3.63) is 29.8 Å². The molecule has 0 bridgehead atoms. The number of primary amides is 1. The normalized spacial score (nSPS) is 19.7. The molecule has 1 amide bonds. The Balaban J connectivity index is 1.93. The highest BCUT2D eigenvalue weighted by atomic mass is 16.5. The number of aliphatic hydroxyl groups excluding tert-OH is 1. The lowest BCUT2D eigenvalue weighted by Gasteiger charge is -2.34.